The molecule has 11 nitrogen and oxygen atoms in total. The second-order valence-electron chi connectivity index (χ2n) is 7.39. The van der Waals surface area contributed by atoms with Crippen LogP contribution in [0.15, 0.2) is 48.9 Å². The first-order valence-corrected chi connectivity index (χ1v) is 9.92. The maximum atomic E-state index is 12.3. The molecule has 11 heteroatoms. The van der Waals surface area contributed by atoms with Crippen LogP contribution >= 0.6 is 0 Å². The summed E-state index contributed by atoms with van der Waals surface area (Å²) in [6.07, 6.45) is 3.12. The molecule has 2 aromatic heterocycles. The number of amides is 1. The van der Waals surface area contributed by atoms with E-state index in [2.05, 4.69) is 25.6 Å². The lowest BCUT2D eigenvalue weighted by atomic mass is 10.2. The van der Waals surface area contributed by atoms with Crippen molar-refractivity contribution in [3.05, 3.63) is 54.6 Å². The van der Waals surface area contributed by atoms with Crippen molar-refractivity contribution in [1.82, 2.24) is 31.1 Å². The number of carbonyl (C=O) groups is 1. The van der Waals surface area contributed by atoms with Gasteiger partial charge >= 0.3 is 0 Å². The number of benzene rings is 2. The number of nitrogens with one attached hydrogen (secondary N) is 1. The number of hydrogen-bond donors (Lipinski definition) is 3. The number of carbonyl (C=O) groups excluding carboxylic acids is 1. The molecule has 0 aliphatic rings. The molecular formula is C22H25N7O4. The van der Waals surface area contributed by atoms with E-state index in [9.17, 15) is 9.90 Å². The van der Waals surface area contributed by atoms with Crippen molar-refractivity contribution in [3.63, 3.8) is 0 Å². The summed E-state index contributed by atoms with van der Waals surface area (Å²) in [5.74, 6) is 1.15. The summed E-state index contributed by atoms with van der Waals surface area (Å²) >= 11 is 0. The Balaban J connectivity index is 0.00000306. The minimum atomic E-state index is -0.215. The maximum Gasteiger partial charge on any atom is 0.246 e. The average Bonchev–Trinajstić information content (AvgIpc) is 3.23. The Morgan fingerprint density at radius 3 is 2.61 bits per heavy atom. The summed E-state index contributed by atoms with van der Waals surface area (Å²) in [4.78, 5) is 20.6. The van der Waals surface area contributed by atoms with Gasteiger partial charge in [-0.2, -0.15) is 0 Å². The zero-order valence-electron chi connectivity index (χ0n) is 18.5. The molecule has 0 fully saturated rings. The number of ether oxygens (including phenoxy) is 2. The van der Waals surface area contributed by atoms with Crippen LogP contribution in [0.5, 0.6) is 23.1 Å². The molecule has 0 unspecified atom stereocenters. The number of aromatic nitrogens is 5. The molecule has 0 radical (unpaired) electrons. The Morgan fingerprint density at radius 2 is 1.94 bits per heavy atom. The lowest BCUT2D eigenvalue weighted by Gasteiger charge is -2.10. The second-order valence-corrected chi connectivity index (χ2v) is 7.39. The van der Waals surface area contributed by atoms with Gasteiger partial charge in [-0.05, 0) is 36.2 Å². The zero-order chi connectivity index (χ0) is 22.7. The van der Waals surface area contributed by atoms with Gasteiger partial charge in [0.05, 0.1) is 23.7 Å². The van der Waals surface area contributed by atoms with E-state index < -0.39 is 0 Å². The predicted octanol–water partition coefficient (Wildman–Crippen LogP) is 3.65. The van der Waals surface area contributed by atoms with E-state index in [-0.39, 0.29) is 30.3 Å². The normalized spacial score (nSPS) is 10.7. The average molecular weight is 451 g/mol. The second kappa shape index (κ2) is 9.92. The van der Waals surface area contributed by atoms with Crippen LogP contribution in [0.4, 0.5) is 5.69 Å². The van der Waals surface area contributed by atoms with Crippen molar-refractivity contribution in [2.24, 2.45) is 0 Å². The van der Waals surface area contributed by atoms with Gasteiger partial charge in [0.2, 0.25) is 11.8 Å². The quantitative estimate of drug-likeness (QED) is 0.381. The van der Waals surface area contributed by atoms with E-state index in [0.29, 0.717) is 34.0 Å². The lowest BCUT2D eigenvalue weighted by Crippen LogP contribution is -2.19. The standard InChI is InChI=1S/C22H22N6O4.H3N/c1-13(2)18-10-28(27-26-18)11-21(30)25-14-4-6-15(7-5-14)32-22-16-8-20(31-3)19(29)9-17(16)23-12-24-22;/h4-10,12-13,29H,11H2,1-3H3,(H,25,30);1H3. The Hall–Kier alpha value is -4.25. The molecule has 2 aromatic carbocycles. The molecule has 0 bridgehead atoms. The van der Waals surface area contributed by atoms with Crippen LogP contribution in [-0.4, -0.2) is 43.1 Å². The summed E-state index contributed by atoms with van der Waals surface area (Å²) in [6, 6.07) is 9.99. The van der Waals surface area contributed by atoms with Gasteiger partial charge in [-0.1, -0.05) is 19.1 Å². The summed E-state index contributed by atoms with van der Waals surface area (Å²) in [5, 5.41) is 21.4. The fourth-order valence-electron chi connectivity index (χ4n) is 3.01. The molecule has 33 heavy (non-hydrogen) atoms. The maximum absolute atomic E-state index is 12.3. The first kappa shape index (κ1) is 23.4. The Bertz CT molecular complexity index is 1260. The summed E-state index contributed by atoms with van der Waals surface area (Å²) in [5.41, 5.74) is 1.97. The van der Waals surface area contributed by atoms with E-state index in [0.717, 1.165) is 5.69 Å². The number of methoxy groups -OCH3 is 1. The molecule has 0 aliphatic heterocycles. The molecule has 172 valence electrons. The highest BCUT2D eigenvalue weighted by molar-refractivity contribution is 5.90. The van der Waals surface area contributed by atoms with Crippen molar-refractivity contribution in [3.8, 4) is 23.1 Å². The topological polar surface area (TPSA) is 159 Å². The van der Waals surface area contributed by atoms with Gasteiger partial charge in [-0.3, -0.25) is 4.79 Å². The number of nitrogens with zero attached hydrogens (tertiary/aromatic N) is 5. The summed E-state index contributed by atoms with van der Waals surface area (Å²) < 4.78 is 12.6. The van der Waals surface area contributed by atoms with E-state index in [1.165, 1.54) is 24.2 Å². The molecule has 0 saturated heterocycles. The van der Waals surface area contributed by atoms with Crippen LogP contribution < -0.4 is 20.9 Å². The number of anilines is 1. The zero-order valence-corrected chi connectivity index (χ0v) is 18.5. The largest absolute Gasteiger partial charge is 0.504 e. The number of phenolic OH excluding ortho intramolecular Hbond substituents is 1. The number of hydrogen-bond acceptors (Lipinski definition) is 9. The van der Waals surface area contributed by atoms with Gasteiger partial charge < -0.3 is 26.0 Å². The molecule has 0 atom stereocenters. The van der Waals surface area contributed by atoms with Crippen LogP contribution in [0.2, 0.25) is 0 Å². The Kier molecular flexibility index (Phi) is 7.04. The van der Waals surface area contributed by atoms with Gasteiger partial charge in [-0.15, -0.1) is 5.10 Å². The number of rotatable bonds is 7. The molecule has 0 aliphatic carbocycles. The van der Waals surface area contributed by atoms with Crippen LogP contribution in [0, 0.1) is 0 Å². The van der Waals surface area contributed by atoms with Crippen molar-refractivity contribution < 1.29 is 19.4 Å². The van der Waals surface area contributed by atoms with Crippen molar-refractivity contribution in [1.29, 1.82) is 0 Å². The van der Waals surface area contributed by atoms with Crippen molar-refractivity contribution >= 4 is 22.5 Å². The third-order valence-electron chi connectivity index (χ3n) is 4.71. The molecule has 0 spiro atoms. The van der Waals surface area contributed by atoms with Crippen LogP contribution in [0.1, 0.15) is 25.5 Å². The Labute approximate surface area is 190 Å². The van der Waals surface area contributed by atoms with Crippen LogP contribution in [0.3, 0.4) is 0 Å². The van der Waals surface area contributed by atoms with E-state index >= 15 is 0 Å². The highest BCUT2D eigenvalue weighted by Crippen LogP contribution is 2.35. The monoisotopic (exact) mass is 451 g/mol. The molecule has 0 saturated carbocycles. The number of aromatic hydroxyl groups is 1. The van der Waals surface area contributed by atoms with Crippen LogP contribution in [-0.2, 0) is 11.3 Å². The molecule has 4 aromatic rings. The molecule has 5 N–H and O–H groups in total. The van der Waals surface area contributed by atoms with Gasteiger partial charge in [0, 0.05) is 18.0 Å². The molecule has 4 rings (SSSR count). The van der Waals surface area contributed by atoms with Gasteiger partial charge in [-0.25, -0.2) is 14.6 Å². The third kappa shape index (κ3) is 5.33. The fourth-order valence-corrected chi connectivity index (χ4v) is 3.01. The minimum absolute atomic E-state index is 0. The van der Waals surface area contributed by atoms with E-state index in [1.54, 1.807) is 36.5 Å². The van der Waals surface area contributed by atoms with Crippen molar-refractivity contribution in [2.45, 2.75) is 26.3 Å². The highest BCUT2D eigenvalue weighted by atomic mass is 16.5. The summed E-state index contributed by atoms with van der Waals surface area (Å²) in [6.45, 7) is 4.10. The highest BCUT2D eigenvalue weighted by Gasteiger charge is 2.12. The first-order chi connectivity index (χ1) is 15.4. The van der Waals surface area contributed by atoms with Crippen LogP contribution in [0.25, 0.3) is 10.9 Å². The molecular weight excluding hydrogens is 426 g/mol. The minimum Gasteiger partial charge on any atom is -0.504 e. The van der Waals surface area contributed by atoms with Gasteiger partial charge in [0.15, 0.2) is 11.5 Å². The van der Waals surface area contributed by atoms with Gasteiger partial charge in [0.25, 0.3) is 0 Å². The number of phenols is 1. The fraction of sp³-hybridized carbons (Fsp3) is 0.227. The predicted molar refractivity (Wildman–Crippen MR) is 122 cm³/mol. The Morgan fingerprint density at radius 1 is 1.18 bits per heavy atom. The lowest BCUT2D eigenvalue weighted by molar-refractivity contribution is -0.116. The van der Waals surface area contributed by atoms with E-state index in [1.807, 2.05) is 13.8 Å². The smallest absolute Gasteiger partial charge is 0.246 e. The summed E-state index contributed by atoms with van der Waals surface area (Å²) in [7, 11) is 1.46. The first-order valence-electron chi connectivity index (χ1n) is 9.92. The van der Waals surface area contributed by atoms with Gasteiger partial charge in [0.1, 0.15) is 18.6 Å². The van der Waals surface area contributed by atoms with E-state index in [4.69, 9.17) is 9.47 Å². The third-order valence-corrected chi connectivity index (χ3v) is 4.71. The molecule has 2 heterocycles. The molecule has 1 amide bonds. The SMILES string of the molecule is COc1cc2c(Oc3ccc(NC(=O)Cn4cc(C(C)C)nn4)cc3)ncnc2cc1O.N. The van der Waals surface area contributed by atoms with Crippen molar-refractivity contribution in [2.75, 3.05) is 12.4 Å². The number of fused-ring (bicyclic) bond motifs is 1.